The van der Waals surface area contributed by atoms with E-state index in [1.807, 2.05) is 0 Å². The number of hydrogen-bond donors (Lipinski definition) is 0. The maximum atomic E-state index is 13.0. The largest absolute Gasteiger partial charge is 0.303 e. The molecule has 0 fully saturated rings. The molecule has 0 radical (unpaired) electrons. The third-order valence-electron chi connectivity index (χ3n) is 1.62. The molecule has 4 heteroatoms. The van der Waals surface area contributed by atoms with Crippen molar-refractivity contribution in [1.82, 2.24) is 0 Å². The van der Waals surface area contributed by atoms with Gasteiger partial charge in [0, 0.05) is 12.5 Å². The average molecular weight is 249 g/mol. The minimum Gasteiger partial charge on any atom is -0.303 e. The summed E-state index contributed by atoms with van der Waals surface area (Å²) in [5, 5.41) is 0. The highest BCUT2D eigenvalue weighted by Crippen LogP contribution is 2.20. The van der Waals surface area contributed by atoms with Crippen molar-refractivity contribution in [3.8, 4) is 0 Å². The van der Waals surface area contributed by atoms with Crippen molar-refractivity contribution >= 4 is 22.2 Å². The number of benzene rings is 1. The van der Waals surface area contributed by atoms with Crippen LogP contribution in [0.25, 0.3) is 0 Å². The summed E-state index contributed by atoms with van der Waals surface area (Å²) in [6, 6.07) is 2.17. The van der Waals surface area contributed by atoms with E-state index < -0.39 is 11.6 Å². The second-order valence-electron chi connectivity index (χ2n) is 2.56. The SMILES string of the molecule is O=CCCc1cc(Br)c(F)cc1F. The number of aldehydes is 1. The predicted octanol–water partition coefficient (Wildman–Crippen LogP) is 2.86. The second-order valence-corrected chi connectivity index (χ2v) is 3.42. The Kier molecular flexibility index (Phi) is 3.54. The number of carbonyl (C=O) groups is 1. The second kappa shape index (κ2) is 4.46. The molecule has 0 heterocycles. The Morgan fingerprint density at radius 3 is 2.62 bits per heavy atom. The van der Waals surface area contributed by atoms with E-state index in [0.29, 0.717) is 18.3 Å². The van der Waals surface area contributed by atoms with E-state index in [0.717, 1.165) is 6.07 Å². The first-order valence-electron chi connectivity index (χ1n) is 3.72. The van der Waals surface area contributed by atoms with Crippen molar-refractivity contribution in [2.75, 3.05) is 0 Å². The molecule has 1 aromatic rings. The Hall–Kier alpha value is -0.770. The van der Waals surface area contributed by atoms with Crippen LogP contribution in [0.15, 0.2) is 16.6 Å². The number of carbonyl (C=O) groups excluding carboxylic acids is 1. The monoisotopic (exact) mass is 248 g/mol. The lowest BCUT2D eigenvalue weighted by Gasteiger charge is -2.02. The van der Waals surface area contributed by atoms with E-state index in [1.165, 1.54) is 6.07 Å². The van der Waals surface area contributed by atoms with Crippen LogP contribution in [0.3, 0.4) is 0 Å². The van der Waals surface area contributed by atoms with Crippen LogP contribution in [0.1, 0.15) is 12.0 Å². The Morgan fingerprint density at radius 1 is 1.31 bits per heavy atom. The van der Waals surface area contributed by atoms with Gasteiger partial charge in [-0.2, -0.15) is 0 Å². The van der Waals surface area contributed by atoms with Gasteiger partial charge in [0.1, 0.15) is 17.9 Å². The number of aryl methyl sites for hydroxylation is 1. The molecule has 0 saturated carbocycles. The van der Waals surface area contributed by atoms with E-state index >= 15 is 0 Å². The minimum atomic E-state index is -0.632. The predicted molar refractivity (Wildman–Crippen MR) is 48.4 cm³/mol. The molecule has 0 amide bonds. The van der Waals surface area contributed by atoms with E-state index in [9.17, 15) is 13.6 Å². The molecule has 0 bridgehead atoms. The molecule has 0 aliphatic heterocycles. The summed E-state index contributed by atoms with van der Waals surface area (Å²) in [4.78, 5) is 10.0. The summed E-state index contributed by atoms with van der Waals surface area (Å²) in [6.07, 6.45) is 1.25. The summed E-state index contributed by atoms with van der Waals surface area (Å²) < 4.78 is 25.9. The van der Waals surface area contributed by atoms with Gasteiger partial charge in [-0.1, -0.05) is 0 Å². The molecule has 70 valence electrons. The van der Waals surface area contributed by atoms with Crippen molar-refractivity contribution in [1.29, 1.82) is 0 Å². The zero-order valence-electron chi connectivity index (χ0n) is 6.69. The van der Waals surface area contributed by atoms with Gasteiger partial charge < -0.3 is 4.79 Å². The lowest BCUT2D eigenvalue weighted by molar-refractivity contribution is -0.107. The van der Waals surface area contributed by atoms with Crippen molar-refractivity contribution in [3.05, 3.63) is 33.8 Å². The third-order valence-corrected chi connectivity index (χ3v) is 2.23. The van der Waals surface area contributed by atoms with Crippen LogP contribution in [-0.2, 0) is 11.2 Å². The number of rotatable bonds is 3. The normalized spacial score (nSPS) is 10.1. The molecule has 1 rings (SSSR count). The molecule has 0 aromatic heterocycles. The van der Waals surface area contributed by atoms with Crippen molar-refractivity contribution < 1.29 is 13.6 Å². The van der Waals surface area contributed by atoms with Gasteiger partial charge in [-0.05, 0) is 34.0 Å². The average Bonchev–Trinajstić information content (AvgIpc) is 2.09. The number of hydrogen-bond acceptors (Lipinski definition) is 1. The van der Waals surface area contributed by atoms with Crippen molar-refractivity contribution in [2.24, 2.45) is 0 Å². The van der Waals surface area contributed by atoms with Gasteiger partial charge in [0.05, 0.1) is 4.47 Å². The van der Waals surface area contributed by atoms with Crippen LogP contribution in [0, 0.1) is 11.6 Å². The van der Waals surface area contributed by atoms with Crippen molar-refractivity contribution in [3.63, 3.8) is 0 Å². The topological polar surface area (TPSA) is 17.1 Å². The summed E-state index contributed by atoms with van der Waals surface area (Å²) in [7, 11) is 0. The molecule has 13 heavy (non-hydrogen) atoms. The minimum absolute atomic E-state index is 0.217. The molecule has 0 aliphatic carbocycles. The van der Waals surface area contributed by atoms with Gasteiger partial charge in [-0.3, -0.25) is 0 Å². The highest BCUT2D eigenvalue weighted by molar-refractivity contribution is 9.10. The van der Waals surface area contributed by atoms with E-state index in [2.05, 4.69) is 15.9 Å². The molecule has 0 spiro atoms. The first-order chi connectivity index (χ1) is 6.15. The zero-order chi connectivity index (χ0) is 9.84. The fourth-order valence-corrected chi connectivity index (χ4v) is 1.36. The van der Waals surface area contributed by atoms with Crippen LogP contribution in [0.4, 0.5) is 8.78 Å². The highest BCUT2D eigenvalue weighted by Gasteiger charge is 2.07. The van der Waals surface area contributed by atoms with Gasteiger partial charge in [0.2, 0.25) is 0 Å². The van der Waals surface area contributed by atoms with Crippen LogP contribution >= 0.6 is 15.9 Å². The summed E-state index contributed by atoms with van der Waals surface area (Å²) >= 11 is 2.94. The summed E-state index contributed by atoms with van der Waals surface area (Å²) in [6.45, 7) is 0. The van der Waals surface area contributed by atoms with Gasteiger partial charge in [-0.15, -0.1) is 0 Å². The Bertz CT molecular complexity index is 326. The van der Waals surface area contributed by atoms with Crippen LogP contribution in [0.5, 0.6) is 0 Å². The van der Waals surface area contributed by atoms with Gasteiger partial charge in [-0.25, -0.2) is 8.78 Å². The van der Waals surface area contributed by atoms with Gasteiger partial charge in [0.15, 0.2) is 0 Å². The maximum Gasteiger partial charge on any atom is 0.140 e. The molecule has 0 aliphatic rings. The Labute approximate surface area is 82.9 Å². The fourth-order valence-electron chi connectivity index (χ4n) is 0.970. The first-order valence-corrected chi connectivity index (χ1v) is 4.51. The molecule has 0 saturated heterocycles. The van der Waals surface area contributed by atoms with Gasteiger partial charge >= 0.3 is 0 Å². The first kappa shape index (κ1) is 10.3. The van der Waals surface area contributed by atoms with Crippen LogP contribution in [0.2, 0.25) is 0 Å². The highest BCUT2D eigenvalue weighted by atomic mass is 79.9. The van der Waals surface area contributed by atoms with Crippen LogP contribution < -0.4 is 0 Å². The van der Waals surface area contributed by atoms with Crippen molar-refractivity contribution in [2.45, 2.75) is 12.8 Å². The Morgan fingerprint density at radius 2 is 2.00 bits per heavy atom. The Balaban J connectivity index is 2.94. The molecule has 0 N–H and O–H groups in total. The summed E-state index contributed by atoms with van der Waals surface area (Å²) in [5.74, 6) is -1.24. The van der Waals surface area contributed by atoms with E-state index in [1.54, 1.807) is 0 Å². The fraction of sp³-hybridized carbons (Fsp3) is 0.222. The standard InChI is InChI=1S/C9H7BrF2O/c10-7-4-6(2-1-3-13)8(11)5-9(7)12/h3-5H,1-2H2. The van der Waals surface area contributed by atoms with E-state index in [-0.39, 0.29) is 10.9 Å². The zero-order valence-corrected chi connectivity index (χ0v) is 8.27. The molecule has 1 nitrogen and oxygen atoms in total. The lowest BCUT2D eigenvalue weighted by Crippen LogP contribution is -1.93. The van der Waals surface area contributed by atoms with Gasteiger partial charge in [0.25, 0.3) is 0 Å². The molecular formula is C9H7BrF2O. The summed E-state index contributed by atoms with van der Waals surface area (Å²) in [5.41, 5.74) is 0.348. The lowest BCUT2D eigenvalue weighted by atomic mass is 10.1. The van der Waals surface area contributed by atoms with Crippen LogP contribution in [-0.4, -0.2) is 6.29 Å². The molecule has 0 atom stereocenters. The smallest absolute Gasteiger partial charge is 0.140 e. The van der Waals surface area contributed by atoms with E-state index in [4.69, 9.17) is 0 Å². The molecular weight excluding hydrogens is 242 g/mol. The molecule has 1 aromatic carbocycles. The third kappa shape index (κ3) is 2.59. The number of halogens is 3. The maximum absolute atomic E-state index is 13.0. The molecule has 0 unspecified atom stereocenters. The quantitative estimate of drug-likeness (QED) is 0.594.